The minimum Gasteiger partial charge on any atom is -0.389 e. The summed E-state index contributed by atoms with van der Waals surface area (Å²) >= 11 is 3.23. The third-order valence-electron chi connectivity index (χ3n) is 3.01. The van der Waals surface area contributed by atoms with Crippen LogP contribution in [-0.2, 0) is 12.8 Å². The first-order valence-electron chi connectivity index (χ1n) is 6.16. The summed E-state index contributed by atoms with van der Waals surface area (Å²) in [5.41, 5.74) is 0.616. The molecule has 3 heteroatoms. The van der Waals surface area contributed by atoms with E-state index in [4.69, 9.17) is 0 Å². The first-order chi connectivity index (χ1) is 8.96. The van der Waals surface area contributed by atoms with Gasteiger partial charge in [-0.25, -0.2) is 4.39 Å². The number of aliphatic hydroxyl groups is 1. The van der Waals surface area contributed by atoms with Gasteiger partial charge in [0.25, 0.3) is 0 Å². The molecule has 1 unspecified atom stereocenters. The van der Waals surface area contributed by atoms with Crippen molar-refractivity contribution in [3.05, 3.63) is 69.9 Å². The van der Waals surface area contributed by atoms with Gasteiger partial charge in [0.15, 0.2) is 0 Å². The highest BCUT2D eigenvalue weighted by Crippen LogP contribution is 2.22. The Balaban J connectivity index is 2.12. The summed E-state index contributed by atoms with van der Waals surface area (Å²) < 4.78 is 14.5. The van der Waals surface area contributed by atoms with Crippen molar-refractivity contribution in [2.24, 2.45) is 0 Å². The summed E-state index contributed by atoms with van der Waals surface area (Å²) in [5.74, 6) is -0.289. The normalized spacial score (nSPS) is 14.1. The Bertz CT molecular complexity index is 552. The van der Waals surface area contributed by atoms with Crippen molar-refractivity contribution in [3.63, 3.8) is 0 Å². The molecule has 1 nitrogen and oxygen atoms in total. The zero-order valence-electron chi connectivity index (χ0n) is 10.7. The van der Waals surface area contributed by atoms with Crippen LogP contribution >= 0.6 is 15.9 Å². The van der Waals surface area contributed by atoms with Gasteiger partial charge in [0.05, 0.1) is 5.60 Å². The second kappa shape index (κ2) is 5.85. The van der Waals surface area contributed by atoms with Crippen LogP contribution in [0.4, 0.5) is 4.39 Å². The maximum Gasteiger partial charge on any atom is 0.127 e. The highest BCUT2D eigenvalue weighted by atomic mass is 79.9. The van der Waals surface area contributed by atoms with Gasteiger partial charge in [0.2, 0.25) is 0 Å². The van der Waals surface area contributed by atoms with E-state index in [0.29, 0.717) is 22.9 Å². The summed E-state index contributed by atoms with van der Waals surface area (Å²) in [4.78, 5) is 0. The molecule has 1 N–H and O–H groups in total. The zero-order valence-corrected chi connectivity index (χ0v) is 12.3. The van der Waals surface area contributed by atoms with E-state index in [1.807, 2.05) is 30.3 Å². The fourth-order valence-electron chi connectivity index (χ4n) is 2.17. The highest BCUT2D eigenvalue weighted by molar-refractivity contribution is 9.10. The van der Waals surface area contributed by atoms with Gasteiger partial charge in [-0.05, 0) is 30.2 Å². The molecule has 0 heterocycles. The number of halogens is 2. The molecule has 0 saturated heterocycles. The third kappa shape index (κ3) is 4.15. The van der Waals surface area contributed by atoms with E-state index in [-0.39, 0.29) is 5.82 Å². The Morgan fingerprint density at radius 3 is 2.42 bits per heavy atom. The van der Waals surface area contributed by atoms with Crippen molar-refractivity contribution in [2.75, 3.05) is 0 Å². The molecule has 0 radical (unpaired) electrons. The van der Waals surface area contributed by atoms with E-state index in [1.165, 1.54) is 6.07 Å². The van der Waals surface area contributed by atoms with Crippen LogP contribution in [0.15, 0.2) is 53.0 Å². The van der Waals surface area contributed by atoms with Gasteiger partial charge in [-0.3, -0.25) is 0 Å². The van der Waals surface area contributed by atoms with Crippen molar-refractivity contribution in [3.8, 4) is 0 Å². The van der Waals surface area contributed by atoms with E-state index in [9.17, 15) is 9.50 Å². The SMILES string of the molecule is CC(O)(Cc1ccccc1)Cc1ccc(Br)cc1F. The molecule has 0 bridgehead atoms. The Labute approximate surface area is 121 Å². The molecule has 0 aliphatic heterocycles. The lowest BCUT2D eigenvalue weighted by molar-refractivity contribution is 0.0599. The molecule has 2 aromatic rings. The Morgan fingerprint density at radius 1 is 1.11 bits per heavy atom. The van der Waals surface area contributed by atoms with E-state index in [2.05, 4.69) is 15.9 Å². The molecular weight excluding hydrogens is 307 g/mol. The Hall–Kier alpha value is -1.19. The van der Waals surface area contributed by atoms with E-state index in [0.717, 1.165) is 5.56 Å². The molecule has 19 heavy (non-hydrogen) atoms. The maximum absolute atomic E-state index is 13.8. The number of hydrogen-bond acceptors (Lipinski definition) is 1. The molecule has 1 atom stereocenters. The molecule has 2 aromatic carbocycles. The minimum atomic E-state index is -0.962. The smallest absolute Gasteiger partial charge is 0.127 e. The molecule has 0 saturated carbocycles. The summed E-state index contributed by atoms with van der Waals surface area (Å²) in [6, 6.07) is 14.7. The van der Waals surface area contributed by atoms with Crippen LogP contribution in [0.1, 0.15) is 18.1 Å². The average Bonchev–Trinajstić information content (AvgIpc) is 2.33. The van der Waals surface area contributed by atoms with Gasteiger partial charge in [0.1, 0.15) is 5.82 Å². The lowest BCUT2D eigenvalue weighted by Crippen LogP contribution is -2.30. The first-order valence-corrected chi connectivity index (χ1v) is 6.96. The Kier molecular flexibility index (Phi) is 4.38. The van der Waals surface area contributed by atoms with Crippen LogP contribution in [0.5, 0.6) is 0 Å². The number of rotatable bonds is 4. The van der Waals surface area contributed by atoms with Gasteiger partial charge >= 0.3 is 0 Å². The standard InChI is InChI=1S/C16H16BrFO/c1-16(19,10-12-5-3-2-4-6-12)11-13-7-8-14(17)9-15(13)18/h2-9,19H,10-11H2,1H3. The largest absolute Gasteiger partial charge is 0.389 e. The molecule has 0 aliphatic carbocycles. The first kappa shape index (κ1) is 14.2. The van der Waals surface area contributed by atoms with Crippen LogP contribution in [0, 0.1) is 5.82 Å². The van der Waals surface area contributed by atoms with Crippen LogP contribution in [-0.4, -0.2) is 10.7 Å². The topological polar surface area (TPSA) is 20.2 Å². The summed E-state index contributed by atoms with van der Waals surface area (Å²) in [6.45, 7) is 1.74. The molecule has 0 amide bonds. The molecule has 0 spiro atoms. The molecule has 2 rings (SSSR count). The van der Waals surface area contributed by atoms with Crippen molar-refractivity contribution in [1.29, 1.82) is 0 Å². The quantitative estimate of drug-likeness (QED) is 0.897. The van der Waals surface area contributed by atoms with E-state index in [1.54, 1.807) is 19.1 Å². The molecule has 0 aromatic heterocycles. The van der Waals surface area contributed by atoms with Crippen molar-refractivity contribution in [1.82, 2.24) is 0 Å². The number of hydrogen-bond donors (Lipinski definition) is 1. The van der Waals surface area contributed by atoms with Crippen molar-refractivity contribution < 1.29 is 9.50 Å². The fraction of sp³-hybridized carbons (Fsp3) is 0.250. The maximum atomic E-state index is 13.8. The third-order valence-corrected chi connectivity index (χ3v) is 3.51. The van der Waals surface area contributed by atoms with Gasteiger partial charge in [0, 0.05) is 17.3 Å². The van der Waals surface area contributed by atoms with Crippen LogP contribution < -0.4 is 0 Å². The fourth-order valence-corrected chi connectivity index (χ4v) is 2.51. The van der Waals surface area contributed by atoms with Gasteiger partial charge in [-0.15, -0.1) is 0 Å². The van der Waals surface area contributed by atoms with E-state index >= 15 is 0 Å². The predicted octanol–water partition coefficient (Wildman–Crippen LogP) is 4.12. The van der Waals surface area contributed by atoms with Crippen molar-refractivity contribution >= 4 is 15.9 Å². The van der Waals surface area contributed by atoms with Crippen LogP contribution in [0.2, 0.25) is 0 Å². The lowest BCUT2D eigenvalue weighted by atomic mass is 9.90. The summed E-state index contributed by atoms with van der Waals surface area (Å²) in [7, 11) is 0. The molecular formula is C16H16BrFO. The summed E-state index contributed by atoms with van der Waals surface area (Å²) in [5, 5.41) is 10.4. The van der Waals surface area contributed by atoms with Gasteiger partial charge < -0.3 is 5.11 Å². The molecule has 0 aliphatic rings. The highest BCUT2D eigenvalue weighted by Gasteiger charge is 2.23. The van der Waals surface area contributed by atoms with E-state index < -0.39 is 5.60 Å². The Morgan fingerprint density at radius 2 is 1.79 bits per heavy atom. The van der Waals surface area contributed by atoms with Crippen molar-refractivity contribution in [2.45, 2.75) is 25.4 Å². The second-order valence-electron chi connectivity index (χ2n) is 5.07. The van der Waals surface area contributed by atoms with Crippen LogP contribution in [0.25, 0.3) is 0 Å². The summed E-state index contributed by atoms with van der Waals surface area (Å²) in [6.07, 6.45) is 0.796. The minimum absolute atomic E-state index is 0.289. The predicted molar refractivity (Wildman–Crippen MR) is 78.6 cm³/mol. The lowest BCUT2D eigenvalue weighted by Gasteiger charge is -2.24. The van der Waals surface area contributed by atoms with Gasteiger partial charge in [-0.1, -0.05) is 52.3 Å². The molecule has 100 valence electrons. The number of benzene rings is 2. The second-order valence-corrected chi connectivity index (χ2v) is 5.99. The van der Waals surface area contributed by atoms with Crippen LogP contribution in [0.3, 0.4) is 0 Å². The average molecular weight is 323 g/mol. The van der Waals surface area contributed by atoms with Gasteiger partial charge in [-0.2, -0.15) is 0 Å². The monoisotopic (exact) mass is 322 g/mol. The molecule has 0 fully saturated rings. The zero-order chi connectivity index (χ0) is 13.9.